The Bertz CT molecular complexity index is 689. The first-order chi connectivity index (χ1) is 9.47. The standard InChI is InChI=1S/C13H14N2O4S/c1-18-11-4-3-5-12(19-2)13(11)10-7-6-9(8-15-10)20(14,16)17/h3-8H,1-2H3,(H2,14,16,17). The minimum atomic E-state index is -3.76. The lowest BCUT2D eigenvalue weighted by Crippen LogP contribution is -2.12. The molecule has 0 saturated carbocycles. The van der Waals surface area contributed by atoms with Crippen molar-refractivity contribution >= 4 is 10.0 Å². The van der Waals surface area contributed by atoms with Crippen LogP contribution in [0, 0.1) is 0 Å². The second kappa shape index (κ2) is 5.48. The van der Waals surface area contributed by atoms with Crippen molar-refractivity contribution in [1.29, 1.82) is 0 Å². The molecule has 2 rings (SSSR count). The van der Waals surface area contributed by atoms with E-state index in [4.69, 9.17) is 14.6 Å². The highest BCUT2D eigenvalue weighted by Gasteiger charge is 2.15. The molecular weight excluding hydrogens is 280 g/mol. The number of hydrogen-bond acceptors (Lipinski definition) is 5. The van der Waals surface area contributed by atoms with Crippen LogP contribution in [0.25, 0.3) is 11.3 Å². The molecule has 0 aliphatic carbocycles. The first kappa shape index (κ1) is 14.3. The average molecular weight is 294 g/mol. The van der Waals surface area contributed by atoms with Crippen LogP contribution in [0.15, 0.2) is 41.4 Å². The van der Waals surface area contributed by atoms with Gasteiger partial charge >= 0.3 is 0 Å². The number of pyridine rings is 1. The molecule has 0 fully saturated rings. The Hall–Kier alpha value is -2.12. The van der Waals surface area contributed by atoms with Crippen LogP contribution in [0.4, 0.5) is 0 Å². The van der Waals surface area contributed by atoms with Gasteiger partial charge in [-0.25, -0.2) is 13.6 Å². The van der Waals surface area contributed by atoms with Gasteiger partial charge in [-0.1, -0.05) is 6.07 Å². The minimum absolute atomic E-state index is 0.0462. The summed E-state index contributed by atoms with van der Waals surface area (Å²) in [4.78, 5) is 4.07. The van der Waals surface area contributed by atoms with Crippen LogP contribution in [0.2, 0.25) is 0 Å². The highest BCUT2D eigenvalue weighted by Crippen LogP contribution is 2.37. The predicted octanol–water partition coefficient (Wildman–Crippen LogP) is 1.41. The summed E-state index contributed by atoms with van der Waals surface area (Å²) in [6.07, 6.45) is 1.20. The molecule has 2 N–H and O–H groups in total. The number of hydrogen-bond donors (Lipinski definition) is 1. The molecule has 0 saturated heterocycles. The molecule has 6 nitrogen and oxygen atoms in total. The van der Waals surface area contributed by atoms with Crippen molar-refractivity contribution < 1.29 is 17.9 Å². The van der Waals surface area contributed by atoms with E-state index in [-0.39, 0.29) is 4.90 Å². The Morgan fingerprint density at radius 1 is 1.05 bits per heavy atom. The summed E-state index contributed by atoms with van der Waals surface area (Å²) in [6, 6.07) is 8.28. The molecule has 1 aromatic heterocycles. The molecule has 1 heterocycles. The summed E-state index contributed by atoms with van der Waals surface area (Å²) in [5, 5.41) is 5.04. The largest absolute Gasteiger partial charge is 0.496 e. The van der Waals surface area contributed by atoms with E-state index >= 15 is 0 Å². The third-order valence-corrected chi connectivity index (χ3v) is 3.65. The minimum Gasteiger partial charge on any atom is -0.496 e. The molecule has 106 valence electrons. The van der Waals surface area contributed by atoms with Crippen LogP contribution >= 0.6 is 0 Å². The van der Waals surface area contributed by atoms with Gasteiger partial charge in [0, 0.05) is 6.20 Å². The van der Waals surface area contributed by atoms with Gasteiger partial charge < -0.3 is 9.47 Å². The Kier molecular flexibility index (Phi) is 3.91. The average Bonchev–Trinajstić information content (AvgIpc) is 2.45. The van der Waals surface area contributed by atoms with E-state index in [1.165, 1.54) is 26.5 Å². The number of benzene rings is 1. The summed E-state index contributed by atoms with van der Waals surface area (Å²) in [5.41, 5.74) is 1.19. The summed E-state index contributed by atoms with van der Waals surface area (Å²) in [7, 11) is -0.681. The van der Waals surface area contributed by atoms with Crippen molar-refractivity contribution in [3.63, 3.8) is 0 Å². The number of methoxy groups -OCH3 is 2. The number of nitrogens with zero attached hydrogens (tertiary/aromatic N) is 1. The Labute approximate surface area is 117 Å². The predicted molar refractivity (Wildman–Crippen MR) is 74.2 cm³/mol. The van der Waals surface area contributed by atoms with Crippen molar-refractivity contribution in [2.75, 3.05) is 14.2 Å². The molecule has 0 amide bonds. The van der Waals surface area contributed by atoms with Crippen LogP contribution < -0.4 is 14.6 Å². The Balaban J connectivity index is 2.57. The third kappa shape index (κ3) is 2.73. The molecule has 7 heteroatoms. The van der Waals surface area contributed by atoms with Gasteiger partial charge in [-0.05, 0) is 24.3 Å². The summed E-state index contributed by atoms with van der Waals surface area (Å²) < 4.78 is 33.0. The maximum atomic E-state index is 11.2. The number of rotatable bonds is 4. The molecule has 2 aromatic rings. The second-order valence-corrected chi connectivity index (χ2v) is 5.52. The zero-order valence-corrected chi connectivity index (χ0v) is 11.8. The molecule has 20 heavy (non-hydrogen) atoms. The van der Waals surface area contributed by atoms with Gasteiger partial charge in [0.05, 0.1) is 25.5 Å². The first-order valence-electron chi connectivity index (χ1n) is 5.67. The van der Waals surface area contributed by atoms with Crippen molar-refractivity contribution in [2.45, 2.75) is 4.90 Å². The van der Waals surface area contributed by atoms with Crippen LogP contribution in [0.5, 0.6) is 11.5 Å². The lowest BCUT2D eigenvalue weighted by molar-refractivity contribution is 0.397. The maximum Gasteiger partial charge on any atom is 0.239 e. The fraction of sp³-hybridized carbons (Fsp3) is 0.154. The molecule has 0 spiro atoms. The van der Waals surface area contributed by atoms with Gasteiger partial charge in [-0.3, -0.25) is 4.98 Å². The van der Waals surface area contributed by atoms with E-state index in [1.807, 2.05) is 0 Å². The van der Waals surface area contributed by atoms with Crippen molar-refractivity contribution in [3.05, 3.63) is 36.5 Å². The van der Waals surface area contributed by atoms with Crippen LogP contribution in [-0.4, -0.2) is 27.6 Å². The fourth-order valence-electron chi connectivity index (χ4n) is 1.80. The maximum absolute atomic E-state index is 11.2. The number of aromatic nitrogens is 1. The zero-order valence-electron chi connectivity index (χ0n) is 11.0. The SMILES string of the molecule is COc1cccc(OC)c1-c1ccc(S(N)(=O)=O)cn1. The van der Waals surface area contributed by atoms with E-state index in [0.29, 0.717) is 22.8 Å². The van der Waals surface area contributed by atoms with E-state index in [0.717, 1.165) is 0 Å². The number of sulfonamides is 1. The van der Waals surface area contributed by atoms with Gasteiger partial charge in [0.2, 0.25) is 10.0 Å². The van der Waals surface area contributed by atoms with Crippen molar-refractivity contribution in [1.82, 2.24) is 4.98 Å². The molecule has 0 bridgehead atoms. The zero-order chi connectivity index (χ0) is 14.8. The first-order valence-corrected chi connectivity index (χ1v) is 7.22. The number of nitrogens with two attached hydrogens (primary N) is 1. The van der Waals surface area contributed by atoms with Gasteiger partial charge in [-0.15, -0.1) is 0 Å². The Morgan fingerprint density at radius 3 is 2.05 bits per heavy atom. The number of ether oxygens (including phenoxy) is 2. The van der Waals surface area contributed by atoms with Crippen LogP contribution in [0.3, 0.4) is 0 Å². The molecular formula is C13H14N2O4S. The fourth-order valence-corrected chi connectivity index (χ4v) is 2.26. The van der Waals surface area contributed by atoms with Crippen LogP contribution in [-0.2, 0) is 10.0 Å². The summed E-state index contributed by atoms with van der Waals surface area (Å²) in [6.45, 7) is 0. The highest BCUT2D eigenvalue weighted by molar-refractivity contribution is 7.89. The van der Waals surface area contributed by atoms with E-state index in [2.05, 4.69) is 4.98 Å². The normalized spacial score (nSPS) is 11.2. The Morgan fingerprint density at radius 2 is 1.65 bits per heavy atom. The summed E-state index contributed by atoms with van der Waals surface area (Å²) in [5.74, 6) is 1.17. The lowest BCUT2D eigenvalue weighted by Gasteiger charge is -2.12. The van der Waals surface area contributed by atoms with Crippen molar-refractivity contribution in [2.24, 2.45) is 5.14 Å². The summed E-state index contributed by atoms with van der Waals surface area (Å²) >= 11 is 0. The monoisotopic (exact) mass is 294 g/mol. The third-order valence-electron chi connectivity index (χ3n) is 2.75. The van der Waals surface area contributed by atoms with E-state index in [9.17, 15) is 8.42 Å². The van der Waals surface area contributed by atoms with E-state index < -0.39 is 10.0 Å². The molecule has 0 radical (unpaired) electrons. The van der Waals surface area contributed by atoms with Gasteiger partial charge in [-0.2, -0.15) is 0 Å². The molecule has 0 unspecified atom stereocenters. The molecule has 0 aliphatic rings. The second-order valence-electron chi connectivity index (χ2n) is 3.96. The van der Waals surface area contributed by atoms with Gasteiger partial charge in [0.15, 0.2) is 0 Å². The quantitative estimate of drug-likeness (QED) is 0.920. The highest BCUT2D eigenvalue weighted by atomic mass is 32.2. The topological polar surface area (TPSA) is 91.5 Å². The lowest BCUT2D eigenvalue weighted by atomic mass is 10.1. The molecule has 0 aliphatic heterocycles. The number of primary sulfonamides is 1. The molecule has 1 aromatic carbocycles. The van der Waals surface area contributed by atoms with Crippen LogP contribution in [0.1, 0.15) is 0 Å². The molecule has 0 atom stereocenters. The van der Waals surface area contributed by atoms with Gasteiger partial charge in [0.25, 0.3) is 0 Å². The smallest absolute Gasteiger partial charge is 0.239 e. The van der Waals surface area contributed by atoms with Crippen molar-refractivity contribution in [3.8, 4) is 22.8 Å². The van der Waals surface area contributed by atoms with E-state index in [1.54, 1.807) is 24.3 Å². The van der Waals surface area contributed by atoms with Gasteiger partial charge in [0.1, 0.15) is 16.4 Å².